The van der Waals surface area contributed by atoms with E-state index in [1.54, 1.807) is 12.3 Å². The topological polar surface area (TPSA) is 54.5 Å². The maximum Gasteiger partial charge on any atom is 0.249 e. The number of nitrogens with zero attached hydrogens (tertiary/aromatic N) is 2. The molecular weight excluding hydrogens is 340 g/mol. The average molecular weight is 354 g/mol. The molecule has 0 aliphatic carbocycles. The van der Waals surface area contributed by atoms with Gasteiger partial charge in [0, 0.05) is 37.5 Å². The van der Waals surface area contributed by atoms with Crippen LogP contribution in [0.1, 0.15) is 5.56 Å². The molecule has 0 fully saturated rings. The smallest absolute Gasteiger partial charge is 0.249 e. The third-order valence-electron chi connectivity index (χ3n) is 3.90. The normalized spacial score (nSPS) is 15.6. The van der Waals surface area contributed by atoms with E-state index in [1.807, 2.05) is 0 Å². The lowest BCUT2D eigenvalue weighted by molar-refractivity contribution is -0.118. The minimum Gasteiger partial charge on any atom is -0.481 e. The predicted octanol–water partition coefficient (Wildman–Crippen LogP) is 3.02. The number of carbonyl (C=O) groups excluding carboxylic acids is 1. The molecule has 1 N–H and O–H groups in total. The summed E-state index contributed by atoms with van der Waals surface area (Å²) in [7, 11) is 2.92. The van der Waals surface area contributed by atoms with Crippen molar-refractivity contribution in [3.05, 3.63) is 46.6 Å². The van der Waals surface area contributed by atoms with Crippen molar-refractivity contribution in [2.45, 2.75) is 12.5 Å². The van der Waals surface area contributed by atoms with E-state index in [-0.39, 0.29) is 16.6 Å². The van der Waals surface area contributed by atoms with Gasteiger partial charge in [-0.2, -0.15) is 0 Å². The zero-order chi connectivity index (χ0) is 17.4. The first-order valence-electron chi connectivity index (χ1n) is 7.12. The van der Waals surface area contributed by atoms with Crippen LogP contribution in [0.15, 0.2) is 24.4 Å². The monoisotopic (exact) mass is 353 g/mol. The fourth-order valence-corrected chi connectivity index (χ4v) is 2.76. The number of amides is 1. The van der Waals surface area contributed by atoms with E-state index in [2.05, 4.69) is 10.3 Å². The van der Waals surface area contributed by atoms with E-state index >= 15 is 0 Å². The number of hydrogen-bond donors (Lipinski definition) is 1. The average Bonchev–Trinajstić information content (AvgIpc) is 2.99. The maximum absolute atomic E-state index is 14.0. The van der Waals surface area contributed by atoms with Gasteiger partial charge in [0.15, 0.2) is 0 Å². The maximum atomic E-state index is 14.0. The largest absolute Gasteiger partial charge is 0.481 e. The Hall–Kier alpha value is -2.41. The molecular formula is C16H14ClF2N3O2. The van der Waals surface area contributed by atoms with Gasteiger partial charge in [0.2, 0.25) is 11.8 Å². The first kappa shape index (κ1) is 16.4. The minimum atomic E-state index is -0.872. The Morgan fingerprint density at radius 2 is 2.12 bits per heavy atom. The van der Waals surface area contributed by atoms with Gasteiger partial charge in [-0.25, -0.2) is 13.8 Å². The van der Waals surface area contributed by atoms with Crippen LogP contribution in [0.4, 0.5) is 20.2 Å². The number of anilines is 2. The summed E-state index contributed by atoms with van der Waals surface area (Å²) in [5.74, 6) is -1.67. The molecule has 1 atom stereocenters. The molecule has 3 rings (SSSR count). The first-order valence-corrected chi connectivity index (χ1v) is 7.50. The van der Waals surface area contributed by atoms with Gasteiger partial charge >= 0.3 is 0 Å². The third kappa shape index (κ3) is 2.87. The Balaban J connectivity index is 1.82. The summed E-state index contributed by atoms with van der Waals surface area (Å²) in [6.07, 6.45) is 2.04. The van der Waals surface area contributed by atoms with Crippen LogP contribution in [0.3, 0.4) is 0 Å². The van der Waals surface area contributed by atoms with Gasteiger partial charge < -0.3 is 15.0 Å². The van der Waals surface area contributed by atoms with Crippen LogP contribution in [0.5, 0.6) is 5.88 Å². The lowest BCUT2D eigenvalue weighted by Crippen LogP contribution is -2.40. The highest BCUT2D eigenvalue weighted by Gasteiger charge is 2.31. The number of benzene rings is 1. The number of methoxy groups -OCH3 is 1. The second kappa shape index (κ2) is 6.24. The van der Waals surface area contributed by atoms with Crippen molar-refractivity contribution in [1.29, 1.82) is 0 Å². The van der Waals surface area contributed by atoms with Crippen molar-refractivity contribution < 1.29 is 18.3 Å². The van der Waals surface area contributed by atoms with Crippen molar-refractivity contribution in [3.63, 3.8) is 0 Å². The van der Waals surface area contributed by atoms with Crippen LogP contribution < -0.4 is 15.0 Å². The Morgan fingerprint density at radius 3 is 2.83 bits per heavy atom. The SMILES string of the molecule is COc1cc2c(cn1)CC(C(=O)N(C)c1cc(Cl)c(F)cc1F)N2. The van der Waals surface area contributed by atoms with Crippen molar-refractivity contribution in [3.8, 4) is 5.88 Å². The first-order chi connectivity index (χ1) is 11.4. The molecule has 1 unspecified atom stereocenters. The molecule has 0 bridgehead atoms. The van der Waals surface area contributed by atoms with E-state index in [4.69, 9.17) is 16.3 Å². The second-order valence-corrected chi connectivity index (χ2v) is 5.81. The quantitative estimate of drug-likeness (QED) is 0.862. The molecule has 0 spiro atoms. The Kier molecular flexibility index (Phi) is 4.28. The molecule has 0 saturated carbocycles. The van der Waals surface area contributed by atoms with Crippen LogP contribution in [0.2, 0.25) is 5.02 Å². The molecule has 1 aliphatic heterocycles. The van der Waals surface area contributed by atoms with Crippen LogP contribution in [0, 0.1) is 11.6 Å². The summed E-state index contributed by atoms with van der Waals surface area (Å²) in [5, 5.41) is 2.82. The van der Waals surface area contributed by atoms with E-state index in [0.29, 0.717) is 18.4 Å². The molecule has 5 nitrogen and oxygen atoms in total. The molecule has 0 radical (unpaired) electrons. The van der Waals surface area contributed by atoms with Crippen LogP contribution >= 0.6 is 11.6 Å². The number of fused-ring (bicyclic) bond motifs is 1. The summed E-state index contributed by atoms with van der Waals surface area (Å²) in [4.78, 5) is 17.8. The highest BCUT2D eigenvalue weighted by atomic mass is 35.5. The number of ether oxygens (including phenoxy) is 1. The molecule has 1 amide bonds. The second-order valence-electron chi connectivity index (χ2n) is 5.40. The lowest BCUT2D eigenvalue weighted by Gasteiger charge is -2.22. The fourth-order valence-electron chi connectivity index (χ4n) is 2.60. The lowest BCUT2D eigenvalue weighted by atomic mass is 10.1. The van der Waals surface area contributed by atoms with Crippen molar-refractivity contribution >= 4 is 28.9 Å². The summed E-state index contributed by atoms with van der Waals surface area (Å²) < 4.78 is 32.3. The van der Waals surface area contributed by atoms with E-state index in [1.165, 1.54) is 14.2 Å². The van der Waals surface area contributed by atoms with Gasteiger partial charge in [-0.1, -0.05) is 11.6 Å². The summed E-state index contributed by atoms with van der Waals surface area (Å²) in [6.45, 7) is 0. The number of carbonyl (C=O) groups is 1. The van der Waals surface area contributed by atoms with Crippen molar-refractivity contribution in [1.82, 2.24) is 4.98 Å². The van der Waals surface area contributed by atoms with Crippen LogP contribution in [-0.4, -0.2) is 31.1 Å². The zero-order valence-corrected chi connectivity index (χ0v) is 13.7. The molecule has 0 saturated heterocycles. The number of likely N-dealkylation sites (N-methyl/N-ethyl adjacent to an activating group) is 1. The number of pyridine rings is 1. The van der Waals surface area contributed by atoms with E-state index in [9.17, 15) is 13.6 Å². The molecule has 1 aromatic carbocycles. The van der Waals surface area contributed by atoms with E-state index in [0.717, 1.165) is 22.2 Å². The van der Waals surface area contributed by atoms with Gasteiger partial charge in [-0.15, -0.1) is 0 Å². The van der Waals surface area contributed by atoms with Gasteiger partial charge in [0.05, 0.1) is 17.8 Å². The summed E-state index contributed by atoms with van der Waals surface area (Å²) in [6, 6.07) is 2.86. The van der Waals surface area contributed by atoms with Gasteiger partial charge in [-0.05, 0) is 11.6 Å². The Morgan fingerprint density at radius 1 is 1.38 bits per heavy atom. The highest BCUT2D eigenvalue weighted by Crippen LogP contribution is 2.31. The molecule has 8 heteroatoms. The standard InChI is InChI=1S/C16H14ClF2N3O2/c1-22(14-4-9(17)10(18)5-11(14)19)16(23)13-3-8-7-20-15(24-2)6-12(8)21-13/h4-7,13,21H,3H2,1-2H3. The molecule has 2 aromatic rings. The molecule has 2 heterocycles. The Labute approximate surface area is 142 Å². The summed E-state index contributed by atoms with van der Waals surface area (Å²) in [5.41, 5.74) is 1.52. The molecule has 126 valence electrons. The zero-order valence-electron chi connectivity index (χ0n) is 12.9. The molecule has 1 aliphatic rings. The van der Waals surface area contributed by atoms with E-state index < -0.39 is 17.7 Å². The number of hydrogen-bond acceptors (Lipinski definition) is 4. The number of rotatable bonds is 3. The fraction of sp³-hybridized carbons (Fsp3) is 0.250. The highest BCUT2D eigenvalue weighted by molar-refractivity contribution is 6.31. The number of halogens is 3. The summed E-state index contributed by atoms with van der Waals surface area (Å²) >= 11 is 5.68. The minimum absolute atomic E-state index is 0.0835. The van der Waals surface area contributed by atoms with Crippen molar-refractivity contribution in [2.75, 3.05) is 24.4 Å². The molecule has 1 aromatic heterocycles. The van der Waals surface area contributed by atoms with Gasteiger partial charge in [-0.3, -0.25) is 4.79 Å². The molecule has 24 heavy (non-hydrogen) atoms. The number of nitrogens with one attached hydrogen (secondary N) is 1. The number of aromatic nitrogens is 1. The van der Waals surface area contributed by atoms with Gasteiger partial charge in [0.1, 0.15) is 17.7 Å². The van der Waals surface area contributed by atoms with Crippen LogP contribution in [-0.2, 0) is 11.2 Å². The Bertz CT molecular complexity index is 816. The van der Waals surface area contributed by atoms with Gasteiger partial charge in [0.25, 0.3) is 0 Å². The predicted molar refractivity (Wildman–Crippen MR) is 86.7 cm³/mol. The third-order valence-corrected chi connectivity index (χ3v) is 4.19. The van der Waals surface area contributed by atoms with Crippen LogP contribution in [0.25, 0.3) is 0 Å². The van der Waals surface area contributed by atoms with Crippen molar-refractivity contribution in [2.24, 2.45) is 0 Å².